The fourth-order valence-corrected chi connectivity index (χ4v) is 9.64. The molecule has 0 saturated heterocycles. The molecular formula is C33H49NO3. The van der Waals surface area contributed by atoms with Crippen molar-refractivity contribution in [2.24, 2.45) is 40.4 Å². The van der Waals surface area contributed by atoms with Crippen molar-refractivity contribution in [2.75, 3.05) is 13.2 Å². The van der Waals surface area contributed by atoms with Gasteiger partial charge < -0.3 is 15.2 Å². The van der Waals surface area contributed by atoms with Crippen LogP contribution in [-0.4, -0.2) is 30.1 Å². The van der Waals surface area contributed by atoms with E-state index in [-0.39, 0.29) is 17.1 Å². The third-order valence-corrected chi connectivity index (χ3v) is 12.0. The second kappa shape index (κ2) is 9.66. The minimum Gasteiger partial charge on any atom is -0.494 e. The third-order valence-electron chi connectivity index (χ3n) is 12.0. The van der Waals surface area contributed by atoms with Gasteiger partial charge in [-0.2, -0.15) is 0 Å². The van der Waals surface area contributed by atoms with E-state index >= 15 is 0 Å². The number of ketones is 1. The molecule has 5 saturated carbocycles. The lowest BCUT2D eigenvalue weighted by Crippen LogP contribution is -2.55. The molecule has 0 heterocycles. The topological polar surface area (TPSA) is 58.6 Å². The Morgan fingerprint density at radius 1 is 1.05 bits per heavy atom. The molecule has 2 N–H and O–H groups in total. The van der Waals surface area contributed by atoms with Crippen LogP contribution in [0.1, 0.15) is 103 Å². The van der Waals surface area contributed by atoms with E-state index in [1.807, 2.05) is 0 Å². The van der Waals surface area contributed by atoms with Crippen LogP contribution >= 0.6 is 0 Å². The van der Waals surface area contributed by atoms with Gasteiger partial charge in [0.2, 0.25) is 0 Å². The number of carbonyl (C=O) groups excluding carboxylic acids is 1. The Morgan fingerprint density at radius 3 is 2.68 bits per heavy atom. The molecule has 204 valence electrons. The van der Waals surface area contributed by atoms with E-state index in [1.54, 1.807) is 0 Å². The van der Waals surface area contributed by atoms with Gasteiger partial charge in [-0.25, -0.2) is 0 Å². The molecule has 0 amide bonds. The Bertz CT molecular complexity index is 1000. The van der Waals surface area contributed by atoms with Crippen molar-refractivity contribution in [1.29, 1.82) is 0 Å². The maximum absolute atomic E-state index is 12.2. The number of hydrogen-bond donors (Lipinski definition) is 2. The number of ether oxygens (including phenoxy) is 1. The number of rotatable bonds is 8. The van der Waals surface area contributed by atoms with Crippen LogP contribution in [0.5, 0.6) is 5.75 Å². The molecule has 37 heavy (non-hydrogen) atoms. The monoisotopic (exact) mass is 507 g/mol. The zero-order valence-corrected chi connectivity index (χ0v) is 23.4. The van der Waals surface area contributed by atoms with Gasteiger partial charge in [-0.05, 0) is 123 Å². The first-order valence-electron chi connectivity index (χ1n) is 15.4. The largest absolute Gasteiger partial charge is 0.494 e. The van der Waals surface area contributed by atoms with Crippen LogP contribution in [0.2, 0.25) is 0 Å². The summed E-state index contributed by atoms with van der Waals surface area (Å²) in [6, 6.07) is 8.75. The molecule has 5 unspecified atom stereocenters. The number of Topliss-reactive ketones (excluding diaryl/α,β-unsaturated/α-hetero) is 1. The fraction of sp³-hybridized carbons (Fsp3) is 0.788. The van der Waals surface area contributed by atoms with Crippen molar-refractivity contribution in [3.05, 3.63) is 29.8 Å². The molecule has 6 rings (SSSR count). The molecule has 7 atom stereocenters. The summed E-state index contributed by atoms with van der Waals surface area (Å²) >= 11 is 0. The maximum Gasteiger partial charge on any atom is 0.133 e. The van der Waals surface area contributed by atoms with E-state index in [0.717, 1.165) is 56.7 Å². The normalized spacial score (nSPS) is 40.1. The first-order chi connectivity index (χ1) is 17.8. The molecule has 5 aliphatic rings. The fourth-order valence-electron chi connectivity index (χ4n) is 9.64. The van der Waals surface area contributed by atoms with E-state index in [0.29, 0.717) is 41.5 Å². The summed E-state index contributed by atoms with van der Waals surface area (Å²) in [5.41, 5.74) is 1.85. The van der Waals surface area contributed by atoms with Crippen LogP contribution in [0.3, 0.4) is 0 Å². The summed E-state index contributed by atoms with van der Waals surface area (Å²) in [5, 5.41) is 15.1. The zero-order valence-electron chi connectivity index (χ0n) is 23.4. The minimum absolute atomic E-state index is 0.0169. The van der Waals surface area contributed by atoms with E-state index < -0.39 is 0 Å². The highest BCUT2D eigenvalue weighted by Gasteiger charge is 2.61. The van der Waals surface area contributed by atoms with Crippen LogP contribution in [0.25, 0.3) is 0 Å². The molecule has 0 bridgehead atoms. The molecule has 0 aromatic heterocycles. The first kappa shape index (κ1) is 25.9. The number of nitrogens with one attached hydrogen (secondary N) is 1. The number of fused-ring (bicyclic) bond motifs is 5. The molecule has 0 spiro atoms. The molecule has 0 aliphatic heterocycles. The number of benzene rings is 1. The Morgan fingerprint density at radius 2 is 1.89 bits per heavy atom. The van der Waals surface area contributed by atoms with E-state index in [9.17, 15) is 9.90 Å². The third kappa shape index (κ3) is 4.48. The molecule has 4 nitrogen and oxygen atoms in total. The zero-order chi connectivity index (χ0) is 25.8. The first-order valence-corrected chi connectivity index (χ1v) is 15.4. The summed E-state index contributed by atoms with van der Waals surface area (Å²) in [5.74, 6) is 4.76. The Balaban J connectivity index is 1.13. The van der Waals surface area contributed by atoms with Crippen molar-refractivity contribution < 1.29 is 14.6 Å². The second-order valence-corrected chi connectivity index (χ2v) is 14.2. The van der Waals surface area contributed by atoms with Crippen molar-refractivity contribution in [3.8, 4) is 5.75 Å². The number of aliphatic hydroxyl groups is 1. The van der Waals surface area contributed by atoms with Gasteiger partial charge in [0.05, 0.1) is 12.7 Å². The summed E-state index contributed by atoms with van der Waals surface area (Å²) in [7, 11) is 0. The van der Waals surface area contributed by atoms with Crippen molar-refractivity contribution in [3.63, 3.8) is 0 Å². The summed E-state index contributed by atoms with van der Waals surface area (Å²) in [4.78, 5) is 12.2. The van der Waals surface area contributed by atoms with Crippen LogP contribution in [-0.2, 0) is 10.3 Å². The number of carbonyl (C=O) groups is 1. The second-order valence-electron chi connectivity index (χ2n) is 14.2. The lowest BCUT2D eigenvalue weighted by atomic mass is 9.44. The maximum atomic E-state index is 12.2. The molecule has 4 heteroatoms. The average Bonchev–Trinajstić information content (AvgIpc) is 3.61. The van der Waals surface area contributed by atoms with Crippen LogP contribution < -0.4 is 10.1 Å². The van der Waals surface area contributed by atoms with Crippen LogP contribution in [0.4, 0.5) is 0 Å². The number of hydrogen-bond acceptors (Lipinski definition) is 4. The molecule has 5 fully saturated rings. The Hall–Kier alpha value is -1.39. The molecular weight excluding hydrogens is 458 g/mol. The van der Waals surface area contributed by atoms with Gasteiger partial charge in [-0.3, -0.25) is 4.79 Å². The van der Waals surface area contributed by atoms with Gasteiger partial charge in [0.25, 0.3) is 0 Å². The molecule has 1 aromatic carbocycles. The predicted octanol–water partition coefficient (Wildman–Crippen LogP) is 6.64. The van der Waals surface area contributed by atoms with Gasteiger partial charge in [-0.15, -0.1) is 0 Å². The standard InChI is InChI=1S/C33H49NO3/c1-22(2)21-34-33(15-16-33)24-5-4-6-26(20-24)37-18-17-32-14-12-28-27(29(32)9-10-30(32)36)8-7-23-19-25(35)11-13-31(23,28)3/h4-6,20,22-23,27-30,34,36H,7-19,21H2,1-3H3/t23?,27?,28?,29?,30?,31-,32+/m0/s1. The lowest BCUT2D eigenvalue weighted by Gasteiger charge is -2.60. The summed E-state index contributed by atoms with van der Waals surface area (Å²) < 4.78 is 6.43. The average molecular weight is 508 g/mol. The quantitative estimate of drug-likeness (QED) is 0.414. The molecule has 5 aliphatic carbocycles. The van der Waals surface area contributed by atoms with Gasteiger partial charge in [-0.1, -0.05) is 32.9 Å². The number of aliphatic hydroxyl groups excluding tert-OH is 1. The Labute approximate surface area is 224 Å². The van der Waals surface area contributed by atoms with Gasteiger partial charge in [0, 0.05) is 23.8 Å². The Kier molecular flexibility index (Phi) is 6.75. The smallest absolute Gasteiger partial charge is 0.133 e. The van der Waals surface area contributed by atoms with Crippen molar-refractivity contribution in [2.45, 2.75) is 109 Å². The highest BCUT2D eigenvalue weighted by atomic mass is 16.5. The van der Waals surface area contributed by atoms with Gasteiger partial charge in [0.1, 0.15) is 11.5 Å². The van der Waals surface area contributed by atoms with E-state index in [1.165, 1.54) is 44.1 Å². The van der Waals surface area contributed by atoms with Crippen LogP contribution in [0, 0.1) is 40.4 Å². The van der Waals surface area contributed by atoms with E-state index in [4.69, 9.17) is 4.74 Å². The van der Waals surface area contributed by atoms with Crippen molar-refractivity contribution >= 4 is 5.78 Å². The van der Waals surface area contributed by atoms with Gasteiger partial charge in [0.15, 0.2) is 0 Å². The van der Waals surface area contributed by atoms with E-state index in [2.05, 4.69) is 50.4 Å². The lowest BCUT2D eigenvalue weighted by molar-refractivity contribution is -0.145. The predicted molar refractivity (Wildman–Crippen MR) is 147 cm³/mol. The van der Waals surface area contributed by atoms with Gasteiger partial charge >= 0.3 is 0 Å². The molecule has 0 radical (unpaired) electrons. The highest BCUT2D eigenvalue weighted by molar-refractivity contribution is 5.79. The summed E-state index contributed by atoms with van der Waals surface area (Å²) in [6.45, 7) is 8.78. The minimum atomic E-state index is -0.193. The summed E-state index contributed by atoms with van der Waals surface area (Å²) in [6.07, 6.45) is 12.8. The highest BCUT2D eigenvalue weighted by Crippen LogP contribution is 2.66. The molecule has 1 aromatic rings. The SMILES string of the molecule is CC(C)CNC1(c2cccc(OCC[C@]34CCC5C(CCC6CC(=O)CC[C@@]65C)C3CCC4O)c2)CC1. The van der Waals surface area contributed by atoms with Crippen molar-refractivity contribution in [1.82, 2.24) is 5.32 Å². The van der Waals surface area contributed by atoms with Crippen LogP contribution in [0.15, 0.2) is 24.3 Å².